The maximum absolute atomic E-state index is 4.87. The summed E-state index contributed by atoms with van der Waals surface area (Å²) < 4.78 is 1.18. The van der Waals surface area contributed by atoms with Gasteiger partial charge in [0.2, 0.25) is 5.95 Å². The van der Waals surface area contributed by atoms with Gasteiger partial charge in [-0.05, 0) is 47.8 Å². The van der Waals surface area contributed by atoms with Gasteiger partial charge in [0.25, 0.3) is 0 Å². The Morgan fingerprint density at radius 3 is 2.38 bits per heavy atom. The molecule has 0 aliphatic carbocycles. The van der Waals surface area contributed by atoms with Crippen molar-refractivity contribution < 1.29 is 0 Å². The lowest BCUT2D eigenvalue weighted by Crippen LogP contribution is -2.27. The lowest BCUT2D eigenvalue weighted by Gasteiger charge is -2.23. The Labute approximate surface area is 142 Å². The summed E-state index contributed by atoms with van der Waals surface area (Å²) in [5, 5.41) is 3.47. The summed E-state index contributed by atoms with van der Waals surface area (Å²) >= 11 is 2.39. The highest BCUT2D eigenvalue weighted by molar-refractivity contribution is 14.1. The molecule has 0 atom stereocenters. The maximum Gasteiger partial charge on any atom is 0.227 e. The Morgan fingerprint density at radius 1 is 1.14 bits per heavy atom. The van der Waals surface area contributed by atoms with Gasteiger partial charge >= 0.3 is 0 Å². The molecule has 0 radical (unpaired) electrons. The van der Waals surface area contributed by atoms with Crippen LogP contribution in [0.2, 0.25) is 0 Å². The molecule has 0 saturated carbocycles. The largest absolute Gasteiger partial charge is 0.369 e. The molecule has 5 heteroatoms. The predicted octanol–water partition coefficient (Wildman–Crippen LogP) is 4.41. The van der Waals surface area contributed by atoms with E-state index in [1.54, 1.807) is 0 Å². The van der Waals surface area contributed by atoms with Crippen LogP contribution in [0.1, 0.15) is 64.5 Å². The second-order valence-electron chi connectivity index (χ2n) is 6.05. The van der Waals surface area contributed by atoms with E-state index in [9.17, 15) is 0 Å². The molecule has 1 aromatic rings. The molecule has 1 N–H and O–H groups in total. The zero-order chi connectivity index (χ0) is 15.2. The van der Waals surface area contributed by atoms with Gasteiger partial charge in [0.1, 0.15) is 5.82 Å². The molecule has 118 valence electrons. The minimum Gasteiger partial charge on any atom is -0.369 e. The van der Waals surface area contributed by atoms with Crippen molar-refractivity contribution in [3.63, 3.8) is 0 Å². The van der Waals surface area contributed by atoms with Gasteiger partial charge in [0, 0.05) is 19.6 Å². The van der Waals surface area contributed by atoms with E-state index >= 15 is 0 Å². The van der Waals surface area contributed by atoms with Crippen molar-refractivity contribution in [3.8, 4) is 0 Å². The van der Waals surface area contributed by atoms with Crippen LogP contribution in [0.5, 0.6) is 0 Å². The molecule has 1 fully saturated rings. The summed E-state index contributed by atoms with van der Waals surface area (Å²) in [6.07, 6.45) is 6.28. The number of anilines is 2. The van der Waals surface area contributed by atoms with E-state index in [1.807, 2.05) is 0 Å². The zero-order valence-electron chi connectivity index (χ0n) is 13.5. The average Bonchev–Trinajstić information content (AvgIpc) is 2.75. The number of nitrogens with zero attached hydrogens (tertiary/aromatic N) is 3. The Hall–Kier alpha value is -0.590. The van der Waals surface area contributed by atoms with Crippen LogP contribution in [0.15, 0.2) is 0 Å². The number of rotatable bonds is 5. The van der Waals surface area contributed by atoms with E-state index < -0.39 is 0 Å². The highest BCUT2D eigenvalue weighted by Crippen LogP contribution is 2.28. The Balaban J connectivity index is 2.32. The molecule has 2 heterocycles. The highest BCUT2D eigenvalue weighted by Gasteiger charge is 2.19. The van der Waals surface area contributed by atoms with Crippen LogP contribution in [0.3, 0.4) is 0 Å². The Bertz CT molecular complexity index is 454. The first-order valence-electron chi connectivity index (χ1n) is 8.19. The molecule has 0 spiro atoms. The minimum absolute atomic E-state index is 0.424. The first kappa shape index (κ1) is 16.8. The lowest BCUT2D eigenvalue weighted by molar-refractivity contribution is 0.726. The third kappa shape index (κ3) is 4.44. The standard InChI is InChI=1S/C16H27IN4/c1-4-9-18-15-13(17)14(12(2)3)19-16(20-15)21-10-7-5-6-8-11-21/h12H,4-11H2,1-3H3,(H,18,19,20). The molecule has 0 amide bonds. The number of hydrogen-bond acceptors (Lipinski definition) is 4. The molecule has 1 aromatic heterocycles. The molecule has 2 rings (SSSR count). The van der Waals surface area contributed by atoms with Gasteiger partial charge in [-0.1, -0.05) is 33.6 Å². The number of halogens is 1. The van der Waals surface area contributed by atoms with Crippen LogP contribution in [0, 0.1) is 3.57 Å². The molecule has 0 unspecified atom stereocenters. The van der Waals surface area contributed by atoms with Gasteiger partial charge < -0.3 is 10.2 Å². The van der Waals surface area contributed by atoms with E-state index in [4.69, 9.17) is 9.97 Å². The zero-order valence-corrected chi connectivity index (χ0v) is 15.6. The fraction of sp³-hybridized carbons (Fsp3) is 0.750. The van der Waals surface area contributed by atoms with Crippen molar-refractivity contribution in [2.24, 2.45) is 0 Å². The van der Waals surface area contributed by atoms with E-state index in [0.29, 0.717) is 5.92 Å². The topological polar surface area (TPSA) is 41.1 Å². The van der Waals surface area contributed by atoms with E-state index in [-0.39, 0.29) is 0 Å². The van der Waals surface area contributed by atoms with Crippen LogP contribution in [-0.2, 0) is 0 Å². The van der Waals surface area contributed by atoms with E-state index in [0.717, 1.165) is 37.8 Å². The normalized spacial score (nSPS) is 16.1. The fourth-order valence-corrected chi connectivity index (χ4v) is 3.66. The smallest absolute Gasteiger partial charge is 0.227 e. The van der Waals surface area contributed by atoms with Crippen molar-refractivity contribution in [1.82, 2.24) is 9.97 Å². The van der Waals surface area contributed by atoms with Gasteiger partial charge in [0.05, 0.1) is 9.26 Å². The number of hydrogen-bond donors (Lipinski definition) is 1. The van der Waals surface area contributed by atoms with Crippen molar-refractivity contribution in [2.45, 2.75) is 58.8 Å². The van der Waals surface area contributed by atoms with Gasteiger partial charge in [-0.3, -0.25) is 0 Å². The van der Waals surface area contributed by atoms with Crippen molar-refractivity contribution in [3.05, 3.63) is 9.26 Å². The Kier molecular flexibility index (Phi) is 6.51. The molecule has 1 aliphatic heterocycles. The summed E-state index contributed by atoms with van der Waals surface area (Å²) in [7, 11) is 0. The van der Waals surface area contributed by atoms with Crippen LogP contribution in [0.25, 0.3) is 0 Å². The SMILES string of the molecule is CCCNc1nc(N2CCCCCC2)nc(C(C)C)c1I. The summed E-state index contributed by atoms with van der Waals surface area (Å²) in [5.41, 5.74) is 1.17. The monoisotopic (exact) mass is 402 g/mol. The lowest BCUT2D eigenvalue weighted by atomic mass is 10.1. The van der Waals surface area contributed by atoms with Crippen molar-refractivity contribution in [1.29, 1.82) is 0 Å². The van der Waals surface area contributed by atoms with Crippen molar-refractivity contribution in [2.75, 3.05) is 29.9 Å². The molecular weight excluding hydrogens is 375 g/mol. The summed E-state index contributed by atoms with van der Waals surface area (Å²) in [6.45, 7) is 9.74. The second-order valence-corrected chi connectivity index (χ2v) is 7.13. The quantitative estimate of drug-likeness (QED) is 0.741. The van der Waals surface area contributed by atoms with Gasteiger partial charge in [-0.15, -0.1) is 0 Å². The van der Waals surface area contributed by atoms with Crippen LogP contribution in [-0.4, -0.2) is 29.6 Å². The first-order chi connectivity index (χ1) is 10.1. The molecule has 1 aliphatic rings. The average molecular weight is 402 g/mol. The van der Waals surface area contributed by atoms with Crippen LogP contribution < -0.4 is 10.2 Å². The first-order valence-corrected chi connectivity index (χ1v) is 9.27. The molecule has 21 heavy (non-hydrogen) atoms. The number of nitrogens with one attached hydrogen (secondary N) is 1. The van der Waals surface area contributed by atoms with Crippen LogP contribution >= 0.6 is 22.6 Å². The van der Waals surface area contributed by atoms with Crippen molar-refractivity contribution >= 4 is 34.4 Å². The van der Waals surface area contributed by atoms with Crippen LogP contribution in [0.4, 0.5) is 11.8 Å². The predicted molar refractivity (Wildman–Crippen MR) is 98.3 cm³/mol. The summed E-state index contributed by atoms with van der Waals surface area (Å²) in [6, 6.07) is 0. The van der Waals surface area contributed by atoms with E-state index in [1.165, 1.54) is 34.9 Å². The molecule has 4 nitrogen and oxygen atoms in total. The molecular formula is C16H27IN4. The van der Waals surface area contributed by atoms with Gasteiger partial charge in [0.15, 0.2) is 0 Å². The van der Waals surface area contributed by atoms with E-state index in [2.05, 4.69) is 53.6 Å². The second kappa shape index (κ2) is 8.15. The molecule has 1 saturated heterocycles. The number of aromatic nitrogens is 2. The summed E-state index contributed by atoms with van der Waals surface area (Å²) in [5.74, 6) is 2.35. The van der Waals surface area contributed by atoms with Gasteiger partial charge in [-0.25, -0.2) is 4.98 Å². The van der Waals surface area contributed by atoms with Gasteiger partial charge in [-0.2, -0.15) is 4.98 Å². The third-order valence-electron chi connectivity index (χ3n) is 3.84. The summed E-state index contributed by atoms with van der Waals surface area (Å²) in [4.78, 5) is 12.1. The highest BCUT2D eigenvalue weighted by atomic mass is 127. The molecule has 0 aromatic carbocycles. The Morgan fingerprint density at radius 2 is 1.81 bits per heavy atom. The minimum atomic E-state index is 0.424. The fourth-order valence-electron chi connectivity index (χ4n) is 2.61. The third-order valence-corrected chi connectivity index (χ3v) is 4.91. The molecule has 0 bridgehead atoms. The maximum atomic E-state index is 4.87.